The molecule has 0 atom stereocenters. The van der Waals surface area contributed by atoms with Crippen molar-refractivity contribution in [1.82, 2.24) is 9.55 Å². The van der Waals surface area contributed by atoms with E-state index in [0.29, 0.717) is 5.25 Å². The molecule has 4 heteroatoms. The molecule has 0 amide bonds. The maximum absolute atomic E-state index is 11.2. The van der Waals surface area contributed by atoms with Gasteiger partial charge < -0.3 is 4.57 Å². The van der Waals surface area contributed by atoms with Gasteiger partial charge in [-0.25, -0.2) is 4.98 Å². The Kier molecular flexibility index (Phi) is 3.35. The molecule has 2 aromatic rings. The molecule has 1 saturated carbocycles. The fourth-order valence-electron chi connectivity index (χ4n) is 2.29. The highest BCUT2D eigenvalue weighted by Crippen LogP contribution is 2.33. The van der Waals surface area contributed by atoms with Gasteiger partial charge in [-0.2, -0.15) is 0 Å². The van der Waals surface area contributed by atoms with Crippen molar-refractivity contribution in [3.05, 3.63) is 23.9 Å². The molecule has 0 spiro atoms. The second-order valence-corrected chi connectivity index (χ2v) is 7.07. The van der Waals surface area contributed by atoms with E-state index in [4.69, 9.17) is 4.98 Å². The second-order valence-electron chi connectivity index (χ2n) is 5.47. The van der Waals surface area contributed by atoms with Crippen LogP contribution in [0, 0.1) is 5.92 Å². The van der Waals surface area contributed by atoms with Crippen LogP contribution in [0.4, 0.5) is 0 Å². The van der Waals surface area contributed by atoms with Crippen molar-refractivity contribution < 1.29 is 4.79 Å². The molecule has 1 fully saturated rings. The Hall–Kier alpha value is -1.29. The summed E-state index contributed by atoms with van der Waals surface area (Å²) in [6.07, 6.45) is 3.50. The summed E-state index contributed by atoms with van der Waals surface area (Å²) in [5.74, 6) is 0.734. The summed E-state index contributed by atoms with van der Waals surface area (Å²) in [5, 5.41) is 2.62. The number of carbonyl (C=O) groups excluding carboxylic acids is 1. The third-order valence-corrected chi connectivity index (χ3v) is 4.31. The molecule has 100 valence electrons. The Morgan fingerprint density at radius 2 is 2.26 bits per heavy atom. The van der Waals surface area contributed by atoms with Gasteiger partial charge in [-0.05, 0) is 37.0 Å². The van der Waals surface area contributed by atoms with Crippen molar-refractivity contribution in [2.45, 2.75) is 43.5 Å². The number of carbonyl (C=O) groups is 1. The molecule has 0 unspecified atom stereocenters. The van der Waals surface area contributed by atoms with Gasteiger partial charge in [-0.1, -0.05) is 13.8 Å². The molecule has 3 nitrogen and oxygen atoms in total. The van der Waals surface area contributed by atoms with E-state index in [0.717, 1.165) is 40.5 Å². The molecule has 0 saturated heterocycles. The summed E-state index contributed by atoms with van der Waals surface area (Å²) >= 11 is 1.76. The first kappa shape index (κ1) is 12.7. The van der Waals surface area contributed by atoms with Crippen molar-refractivity contribution in [2.24, 2.45) is 5.92 Å². The standard InChI is InChI=1S/C15H18N2OS/c1-10(2)19-14-6-5-12-7-13(9-18)17(15(12)16-14)8-11-3-4-11/h5-7,9-11H,3-4,8H2,1-2H3. The summed E-state index contributed by atoms with van der Waals surface area (Å²) in [4.78, 5) is 15.9. The van der Waals surface area contributed by atoms with Crippen LogP contribution in [0.25, 0.3) is 11.0 Å². The molecular weight excluding hydrogens is 256 g/mol. The van der Waals surface area contributed by atoms with Crippen LogP contribution in [0.3, 0.4) is 0 Å². The maximum atomic E-state index is 11.2. The summed E-state index contributed by atoms with van der Waals surface area (Å²) in [7, 11) is 0. The van der Waals surface area contributed by atoms with Crippen molar-refractivity contribution in [2.75, 3.05) is 0 Å². The van der Waals surface area contributed by atoms with E-state index in [9.17, 15) is 4.79 Å². The van der Waals surface area contributed by atoms with Gasteiger partial charge in [-0.15, -0.1) is 11.8 Å². The van der Waals surface area contributed by atoms with Gasteiger partial charge in [0.2, 0.25) is 0 Å². The van der Waals surface area contributed by atoms with Gasteiger partial charge in [-0.3, -0.25) is 4.79 Å². The molecule has 0 aromatic carbocycles. The van der Waals surface area contributed by atoms with Crippen LogP contribution in [0.15, 0.2) is 23.2 Å². The van der Waals surface area contributed by atoms with Crippen molar-refractivity contribution in [3.63, 3.8) is 0 Å². The van der Waals surface area contributed by atoms with Gasteiger partial charge in [0.25, 0.3) is 0 Å². The van der Waals surface area contributed by atoms with E-state index in [1.165, 1.54) is 12.8 Å². The number of pyridine rings is 1. The van der Waals surface area contributed by atoms with Crippen LogP contribution in [-0.4, -0.2) is 21.1 Å². The van der Waals surface area contributed by atoms with Crippen LogP contribution in [-0.2, 0) is 6.54 Å². The zero-order valence-electron chi connectivity index (χ0n) is 11.3. The highest BCUT2D eigenvalue weighted by atomic mass is 32.2. The predicted octanol–water partition coefficient (Wildman–Crippen LogP) is 3.76. The van der Waals surface area contributed by atoms with Gasteiger partial charge in [0, 0.05) is 17.2 Å². The first-order valence-corrected chi connectivity index (χ1v) is 7.67. The van der Waals surface area contributed by atoms with Gasteiger partial charge in [0.05, 0.1) is 10.7 Å². The number of thioether (sulfide) groups is 1. The molecule has 2 aromatic heterocycles. The van der Waals surface area contributed by atoms with Gasteiger partial charge >= 0.3 is 0 Å². The fourth-order valence-corrected chi connectivity index (χ4v) is 3.05. The van der Waals surface area contributed by atoms with E-state index < -0.39 is 0 Å². The molecular formula is C15H18N2OS. The average Bonchev–Trinajstić information content (AvgIpc) is 3.11. The number of hydrogen-bond donors (Lipinski definition) is 0. The summed E-state index contributed by atoms with van der Waals surface area (Å²) in [6, 6.07) is 6.06. The fraction of sp³-hybridized carbons (Fsp3) is 0.467. The minimum Gasteiger partial charge on any atom is -0.323 e. The highest BCUT2D eigenvalue weighted by Gasteiger charge is 2.24. The molecule has 1 aliphatic carbocycles. The maximum Gasteiger partial charge on any atom is 0.166 e. The monoisotopic (exact) mass is 274 g/mol. The number of fused-ring (bicyclic) bond motifs is 1. The van der Waals surface area contributed by atoms with Crippen LogP contribution < -0.4 is 0 Å². The van der Waals surface area contributed by atoms with E-state index in [1.54, 1.807) is 11.8 Å². The minimum absolute atomic E-state index is 0.516. The van der Waals surface area contributed by atoms with Crippen LogP contribution in [0.5, 0.6) is 0 Å². The molecule has 2 heterocycles. The lowest BCUT2D eigenvalue weighted by atomic mass is 10.3. The SMILES string of the molecule is CC(C)Sc1ccc2cc(C=O)n(CC3CC3)c2n1. The van der Waals surface area contributed by atoms with E-state index >= 15 is 0 Å². The number of aldehydes is 1. The van der Waals surface area contributed by atoms with Crippen LogP contribution in [0.1, 0.15) is 37.2 Å². The predicted molar refractivity (Wildman–Crippen MR) is 78.8 cm³/mol. The normalized spacial score (nSPS) is 15.3. The zero-order valence-corrected chi connectivity index (χ0v) is 12.1. The summed E-state index contributed by atoms with van der Waals surface area (Å²) in [5.41, 5.74) is 1.71. The molecule has 19 heavy (non-hydrogen) atoms. The largest absolute Gasteiger partial charge is 0.323 e. The Balaban J connectivity index is 2.04. The van der Waals surface area contributed by atoms with Crippen molar-refractivity contribution in [3.8, 4) is 0 Å². The molecule has 0 aliphatic heterocycles. The first-order chi connectivity index (χ1) is 9.17. The first-order valence-electron chi connectivity index (χ1n) is 6.79. The molecule has 3 rings (SSSR count). The Morgan fingerprint density at radius 3 is 2.89 bits per heavy atom. The number of nitrogens with zero attached hydrogens (tertiary/aromatic N) is 2. The Labute approximate surface area is 117 Å². The van der Waals surface area contributed by atoms with E-state index in [2.05, 4.69) is 24.5 Å². The number of hydrogen-bond acceptors (Lipinski definition) is 3. The second kappa shape index (κ2) is 5.00. The Bertz CT molecular complexity index is 614. The third-order valence-electron chi connectivity index (χ3n) is 3.37. The Morgan fingerprint density at radius 1 is 1.47 bits per heavy atom. The average molecular weight is 274 g/mol. The van der Waals surface area contributed by atoms with Crippen LogP contribution >= 0.6 is 11.8 Å². The van der Waals surface area contributed by atoms with E-state index in [1.807, 2.05) is 12.1 Å². The molecule has 0 bridgehead atoms. The van der Waals surface area contributed by atoms with Crippen molar-refractivity contribution in [1.29, 1.82) is 0 Å². The lowest BCUT2D eigenvalue weighted by Gasteiger charge is -2.08. The molecule has 0 N–H and O–H groups in total. The lowest BCUT2D eigenvalue weighted by molar-refractivity contribution is 0.111. The van der Waals surface area contributed by atoms with Crippen molar-refractivity contribution >= 4 is 29.1 Å². The summed E-state index contributed by atoms with van der Waals surface area (Å²) in [6.45, 7) is 5.26. The smallest absolute Gasteiger partial charge is 0.166 e. The van der Waals surface area contributed by atoms with Gasteiger partial charge in [0.15, 0.2) is 6.29 Å². The van der Waals surface area contributed by atoms with E-state index in [-0.39, 0.29) is 0 Å². The molecule has 1 aliphatic rings. The highest BCUT2D eigenvalue weighted by molar-refractivity contribution is 7.99. The van der Waals surface area contributed by atoms with Gasteiger partial charge in [0.1, 0.15) is 5.65 Å². The number of aromatic nitrogens is 2. The lowest BCUT2D eigenvalue weighted by Crippen LogP contribution is -2.05. The quantitative estimate of drug-likeness (QED) is 0.615. The summed E-state index contributed by atoms with van der Waals surface area (Å²) < 4.78 is 2.09. The molecule has 0 radical (unpaired) electrons. The third kappa shape index (κ3) is 2.68. The zero-order chi connectivity index (χ0) is 13.4. The van der Waals surface area contributed by atoms with Crippen LogP contribution in [0.2, 0.25) is 0 Å². The minimum atomic E-state index is 0.516. The topological polar surface area (TPSA) is 34.9 Å². The number of rotatable bonds is 5.